The second-order valence-corrected chi connectivity index (χ2v) is 11.8. The number of pyridine rings is 1. The summed E-state index contributed by atoms with van der Waals surface area (Å²) < 4.78 is 2.39. The lowest BCUT2D eigenvalue weighted by Crippen LogP contribution is -2.02. The van der Waals surface area contributed by atoms with Crippen LogP contribution in [0.25, 0.3) is 72.6 Å². The summed E-state index contributed by atoms with van der Waals surface area (Å²) in [6.07, 6.45) is 9.71. The van der Waals surface area contributed by atoms with E-state index in [1.54, 1.807) is 0 Å². The van der Waals surface area contributed by atoms with Crippen LogP contribution in [0.4, 0.5) is 0 Å². The van der Waals surface area contributed by atoms with E-state index in [1.165, 1.54) is 16.3 Å². The largest absolute Gasteiger partial charge is 0.308 e. The third-order valence-electron chi connectivity index (χ3n) is 8.95. The van der Waals surface area contributed by atoms with Crippen LogP contribution in [0.2, 0.25) is 0 Å². The van der Waals surface area contributed by atoms with Gasteiger partial charge in [0.25, 0.3) is 0 Å². The monoisotopic (exact) mass is 603 g/mol. The second-order valence-electron chi connectivity index (χ2n) is 11.8. The fourth-order valence-corrected chi connectivity index (χ4v) is 6.73. The maximum absolute atomic E-state index is 5.28. The molecule has 0 saturated carbocycles. The van der Waals surface area contributed by atoms with E-state index < -0.39 is 0 Å². The van der Waals surface area contributed by atoms with Gasteiger partial charge in [0.2, 0.25) is 0 Å². The Kier molecular flexibility index (Phi) is 6.53. The van der Waals surface area contributed by atoms with Crippen molar-refractivity contribution in [3.8, 4) is 39.9 Å². The van der Waals surface area contributed by atoms with Crippen LogP contribution in [0.15, 0.2) is 158 Å². The van der Waals surface area contributed by atoms with Gasteiger partial charge in [0.15, 0.2) is 17.5 Å². The molecule has 9 rings (SSSR count). The summed E-state index contributed by atoms with van der Waals surface area (Å²) in [5.74, 6) is 2.16. The van der Waals surface area contributed by atoms with Crippen molar-refractivity contribution < 1.29 is 0 Å². The molecule has 47 heavy (non-hydrogen) atoms. The summed E-state index contributed by atoms with van der Waals surface area (Å²) in [7, 11) is 0. The Hall–Kier alpha value is -6.20. The molecule has 0 fully saturated rings. The van der Waals surface area contributed by atoms with Crippen LogP contribution in [0.3, 0.4) is 0 Å². The topological polar surface area (TPSA) is 56.5 Å². The van der Waals surface area contributed by atoms with Crippen molar-refractivity contribution in [1.29, 1.82) is 0 Å². The molecule has 0 aliphatic heterocycles. The molecule has 1 aliphatic carbocycles. The van der Waals surface area contributed by atoms with Crippen LogP contribution < -0.4 is 0 Å². The second kappa shape index (κ2) is 11.3. The van der Waals surface area contributed by atoms with Crippen molar-refractivity contribution in [3.63, 3.8) is 0 Å². The number of nitrogens with zero attached hydrogens (tertiary/aromatic N) is 5. The van der Waals surface area contributed by atoms with E-state index >= 15 is 0 Å². The van der Waals surface area contributed by atoms with Crippen LogP contribution >= 0.6 is 0 Å². The van der Waals surface area contributed by atoms with Crippen LogP contribution in [0, 0.1) is 0 Å². The van der Waals surface area contributed by atoms with E-state index in [4.69, 9.17) is 19.9 Å². The van der Waals surface area contributed by atoms with Gasteiger partial charge in [0, 0.05) is 44.5 Å². The van der Waals surface area contributed by atoms with Crippen molar-refractivity contribution in [2.24, 2.45) is 0 Å². The zero-order valence-electron chi connectivity index (χ0n) is 25.5. The zero-order chi connectivity index (χ0) is 31.2. The van der Waals surface area contributed by atoms with Crippen LogP contribution in [-0.4, -0.2) is 24.5 Å². The molecule has 5 aromatic carbocycles. The lowest BCUT2D eigenvalue weighted by molar-refractivity contribution is 0.832. The van der Waals surface area contributed by atoms with Gasteiger partial charge in [-0.25, -0.2) is 15.0 Å². The average Bonchev–Trinajstić information content (AvgIpc) is 3.51. The molecule has 0 N–H and O–H groups in total. The Morgan fingerprint density at radius 1 is 0.511 bits per heavy atom. The molecule has 5 nitrogen and oxygen atoms in total. The molecule has 8 aromatic rings. The summed E-state index contributed by atoms with van der Waals surface area (Å²) in [5, 5.41) is 3.56. The summed E-state index contributed by atoms with van der Waals surface area (Å²) >= 11 is 0. The quantitative estimate of drug-likeness (QED) is 0.196. The minimum atomic E-state index is 0.218. The molecule has 1 unspecified atom stereocenters. The minimum absolute atomic E-state index is 0.218. The summed E-state index contributed by atoms with van der Waals surface area (Å²) in [5.41, 5.74) is 8.37. The normalized spacial score (nSPS) is 14.3. The van der Waals surface area contributed by atoms with Crippen molar-refractivity contribution >= 4 is 32.7 Å². The highest BCUT2D eigenvalue weighted by atomic mass is 15.0. The lowest BCUT2D eigenvalue weighted by Gasteiger charge is -2.16. The van der Waals surface area contributed by atoms with Crippen LogP contribution in [-0.2, 0) is 0 Å². The van der Waals surface area contributed by atoms with E-state index in [0.29, 0.717) is 17.5 Å². The molecule has 0 amide bonds. The van der Waals surface area contributed by atoms with Crippen molar-refractivity contribution in [2.45, 2.75) is 12.3 Å². The van der Waals surface area contributed by atoms with Gasteiger partial charge >= 0.3 is 0 Å². The number of fused-ring (bicyclic) bond motifs is 5. The Morgan fingerprint density at radius 2 is 1.09 bits per heavy atom. The first-order valence-electron chi connectivity index (χ1n) is 15.9. The number of hydrogen-bond acceptors (Lipinski definition) is 4. The highest BCUT2D eigenvalue weighted by Gasteiger charge is 2.23. The van der Waals surface area contributed by atoms with Gasteiger partial charge in [-0.15, -0.1) is 0 Å². The number of hydrogen-bond donors (Lipinski definition) is 0. The Labute approximate surface area is 272 Å². The zero-order valence-corrected chi connectivity index (χ0v) is 25.5. The van der Waals surface area contributed by atoms with Gasteiger partial charge in [0.1, 0.15) is 0 Å². The third kappa shape index (κ3) is 4.72. The number of benzene rings is 5. The van der Waals surface area contributed by atoms with E-state index in [1.807, 2.05) is 60.7 Å². The van der Waals surface area contributed by atoms with Crippen LogP contribution in [0.5, 0.6) is 0 Å². The number of para-hydroxylation sites is 2. The maximum atomic E-state index is 5.28. The number of allylic oxidation sites excluding steroid dienone is 4. The smallest absolute Gasteiger partial charge is 0.164 e. The van der Waals surface area contributed by atoms with E-state index in [0.717, 1.165) is 50.9 Å². The molecule has 0 saturated heterocycles. The lowest BCUT2D eigenvalue weighted by atomic mass is 9.92. The van der Waals surface area contributed by atoms with Crippen LogP contribution in [0.1, 0.15) is 18.0 Å². The molecule has 3 heterocycles. The molecule has 0 bridgehead atoms. The molecule has 0 spiro atoms. The highest BCUT2D eigenvalue weighted by Crippen LogP contribution is 2.41. The van der Waals surface area contributed by atoms with Crippen molar-refractivity contribution in [1.82, 2.24) is 24.5 Å². The van der Waals surface area contributed by atoms with Crippen molar-refractivity contribution in [3.05, 3.63) is 163 Å². The molecule has 5 heteroatoms. The molecule has 3 aromatic heterocycles. The van der Waals surface area contributed by atoms with Gasteiger partial charge in [-0.2, -0.15) is 0 Å². The van der Waals surface area contributed by atoms with Gasteiger partial charge < -0.3 is 4.57 Å². The SMILES string of the molecule is C1=CCC(c2nc3ccccc3c3c2c2ccccc2n3-c2ccc(-c3nc(-c4ccccc4)nc(-c4ccccc4)n3)cc2)C=C1. The Bertz CT molecular complexity index is 2420. The first-order chi connectivity index (χ1) is 23.3. The molecule has 1 aliphatic rings. The maximum Gasteiger partial charge on any atom is 0.164 e. The Morgan fingerprint density at radius 3 is 1.72 bits per heavy atom. The minimum Gasteiger partial charge on any atom is -0.308 e. The third-order valence-corrected chi connectivity index (χ3v) is 8.95. The molecule has 0 radical (unpaired) electrons. The van der Waals surface area contributed by atoms with Gasteiger partial charge in [0.05, 0.1) is 22.2 Å². The summed E-state index contributed by atoms with van der Waals surface area (Å²) in [6, 6.07) is 45.9. The molecule has 1 atom stereocenters. The van der Waals surface area contributed by atoms with Gasteiger partial charge in [-0.1, -0.05) is 121 Å². The standard InChI is InChI=1S/C42H29N5/c1-4-14-28(15-5-1)38-37-34-21-11-13-23-36(34)47(39(37)33-20-10-12-22-35(33)43-38)32-26-24-31(25-27-32)42-45-40(29-16-6-2-7-17-29)44-41(46-42)30-18-8-3-9-19-30/h1-14,16-28H,15H2. The van der Waals surface area contributed by atoms with E-state index in [9.17, 15) is 0 Å². The molecule has 222 valence electrons. The summed E-state index contributed by atoms with van der Waals surface area (Å²) in [4.78, 5) is 20.0. The first kappa shape index (κ1) is 27.1. The first-order valence-corrected chi connectivity index (χ1v) is 15.9. The predicted octanol–water partition coefficient (Wildman–Crippen LogP) is 10.1. The van der Waals surface area contributed by atoms with Gasteiger partial charge in [-0.05, 0) is 42.8 Å². The molecular weight excluding hydrogens is 574 g/mol. The highest BCUT2D eigenvalue weighted by molar-refractivity contribution is 6.19. The van der Waals surface area contributed by atoms with Crippen molar-refractivity contribution in [2.75, 3.05) is 0 Å². The number of aromatic nitrogens is 5. The summed E-state index contributed by atoms with van der Waals surface area (Å²) in [6.45, 7) is 0. The van der Waals surface area contributed by atoms with E-state index in [-0.39, 0.29) is 5.92 Å². The van der Waals surface area contributed by atoms with E-state index in [2.05, 4.69) is 102 Å². The fourth-order valence-electron chi connectivity index (χ4n) is 6.73. The molecular formula is C42H29N5. The van der Waals surface area contributed by atoms with Gasteiger partial charge in [-0.3, -0.25) is 4.98 Å². The number of rotatable bonds is 5. The Balaban J connectivity index is 1.24. The predicted molar refractivity (Wildman–Crippen MR) is 191 cm³/mol. The fraction of sp³-hybridized carbons (Fsp3) is 0.0476. The average molecular weight is 604 g/mol.